The third kappa shape index (κ3) is 3.07. The predicted octanol–water partition coefficient (Wildman–Crippen LogP) is 2.74. The molecule has 1 fully saturated rings. The Kier molecular flexibility index (Phi) is 4.42. The summed E-state index contributed by atoms with van der Waals surface area (Å²) >= 11 is 1.88. The van der Waals surface area contributed by atoms with Crippen LogP contribution in [0.5, 0.6) is 0 Å². The van der Waals surface area contributed by atoms with Crippen LogP contribution in [0.2, 0.25) is 0 Å². The van der Waals surface area contributed by atoms with E-state index in [1.54, 1.807) is 12.1 Å². The normalized spacial score (nSPS) is 16.4. The minimum absolute atomic E-state index is 0.127. The minimum atomic E-state index is -0.520. The number of thioether (sulfide) groups is 1. The van der Waals surface area contributed by atoms with Crippen LogP contribution in [0, 0.1) is 10.1 Å². The van der Waals surface area contributed by atoms with Gasteiger partial charge in [0.05, 0.1) is 10.5 Å². The van der Waals surface area contributed by atoms with Gasteiger partial charge >= 0.3 is 0 Å². The third-order valence-electron chi connectivity index (χ3n) is 3.48. The number of hydrogen-bond acceptors (Lipinski definition) is 5. The molecule has 6 heteroatoms. The Labute approximate surface area is 116 Å². The highest BCUT2D eigenvalue weighted by atomic mass is 32.2. The molecule has 102 valence electrons. The van der Waals surface area contributed by atoms with Crippen LogP contribution in [-0.4, -0.2) is 35.8 Å². The van der Waals surface area contributed by atoms with Crippen LogP contribution in [0.15, 0.2) is 18.2 Å². The fraction of sp³-hybridized carbons (Fsp3) is 0.462. The van der Waals surface area contributed by atoms with Gasteiger partial charge in [-0.3, -0.25) is 14.9 Å². The molecule has 0 amide bonds. The van der Waals surface area contributed by atoms with E-state index in [9.17, 15) is 14.9 Å². The molecule has 0 spiro atoms. The smallest absolute Gasteiger partial charge is 0.280 e. The van der Waals surface area contributed by atoms with E-state index in [0.29, 0.717) is 11.5 Å². The topological polar surface area (TPSA) is 63.4 Å². The lowest BCUT2D eigenvalue weighted by Gasteiger charge is -2.32. The van der Waals surface area contributed by atoms with Crippen LogP contribution < -0.4 is 4.90 Å². The molecule has 0 saturated carbocycles. The van der Waals surface area contributed by atoms with Crippen LogP contribution in [0.1, 0.15) is 23.2 Å². The number of rotatable bonds is 4. The lowest BCUT2D eigenvalue weighted by atomic mass is 10.1. The predicted molar refractivity (Wildman–Crippen MR) is 77.2 cm³/mol. The second kappa shape index (κ2) is 6.06. The van der Waals surface area contributed by atoms with Crippen molar-refractivity contribution in [3.05, 3.63) is 33.9 Å². The first-order chi connectivity index (χ1) is 9.15. The van der Waals surface area contributed by atoms with E-state index >= 15 is 0 Å². The van der Waals surface area contributed by atoms with Crippen molar-refractivity contribution in [2.24, 2.45) is 0 Å². The summed E-state index contributed by atoms with van der Waals surface area (Å²) in [5.41, 5.74) is 0.916. The number of carbonyl (C=O) groups excluding carboxylic acids is 1. The zero-order chi connectivity index (χ0) is 13.8. The molecule has 0 unspecified atom stereocenters. The summed E-state index contributed by atoms with van der Waals surface area (Å²) in [6, 6.07) is 4.76. The number of nitro groups is 1. The number of aldehydes is 1. The van der Waals surface area contributed by atoms with Crippen LogP contribution in [0.4, 0.5) is 11.4 Å². The Bertz CT molecular complexity index is 485. The fourth-order valence-corrected chi connectivity index (χ4v) is 3.03. The number of nitro benzene ring substituents is 1. The molecule has 0 radical (unpaired) electrons. The van der Waals surface area contributed by atoms with Crippen LogP contribution in [0.25, 0.3) is 0 Å². The molecule has 1 heterocycles. The van der Waals surface area contributed by atoms with Gasteiger partial charge in [-0.1, -0.05) is 0 Å². The zero-order valence-electron chi connectivity index (χ0n) is 10.7. The van der Waals surface area contributed by atoms with Crippen molar-refractivity contribution in [2.75, 3.05) is 24.2 Å². The van der Waals surface area contributed by atoms with Gasteiger partial charge in [-0.25, -0.2) is 0 Å². The standard InChI is InChI=1S/C13H16N2O3S/c1-19-12-4-6-14(7-5-12)11-2-3-13(15(17)18)10(8-11)9-16/h2-3,8-9,12H,4-7H2,1H3. The van der Waals surface area contributed by atoms with Gasteiger partial charge in [-0.2, -0.15) is 11.8 Å². The molecule has 19 heavy (non-hydrogen) atoms. The van der Waals surface area contributed by atoms with E-state index in [2.05, 4.69) is 11.2 Å². The Morgan fingerprint density at radius 1 is 1.42 bits per heavy atom. The molecular formula is C13H16N2O3S. The maximum Gasteiger partial charge on any atom is 0.280 e. The van der Waals surface area contributed by atoms with E-state index in [-0.39, 0.29) is 11.3 Å². The van der Waals surface area contributed by atoms with Crippen molar-refractivity contribution in [3.63, 3.8) is 0 Å². The lowest BCUT2D eigenvalue weighted by molar-refractivity contribution is -0.385. The van der Waals surface area contributed by atoms with Gasteiger partial charge < -0.3 is 4.90 Å². The molecule has 0 aromatic heterocycles. The summed E-state index contributed by atoms with van der Waals surface area (Å²) in [5, 5.41) is 11.5. The SMILES string of the molecule is CSC1CCN(c2ccc([N+](=O)[O-])c(C=O)c2)CC1. The summed E-state index contributed by atoms with van der Waals surface area (Å²) < 4.78 is 0. The maximum atomic E-state index is 10.9. The fourth-order valence-electron chi connectivity index (χ4n) is 2.35. The molecule has 2 rings (SSSR count). The Morgan fingerprint density at radius 3 is 2.63 bits per heavy atom. The number of hydrogen-bond donors (Lipinski definition) is 0. The molecule has 0 bridgehead atoms. The lowest BCUT2D eigenvalue weighted by Crippen LogP contribution is -2.34. The largest absolute Gasteiger partial charge is 0.371 e. The Hall–Kier alpha value is -1.56. The van der Waals surface area contributed by atoms with Crippen molar-refractivity contribution in [1.29, 1.82) is 0 Å². The van der Waals surface area contributed by atoms with Crippen molar-refractivity contribution in [1.82, 2.24) is 0 Å². The van der Waals surface area contributed by atoms with Crippen molar-refractivity contribution < 1.29 is 9.72 Å². The van der Waals surface area contributed by atoms with Crippen LogP contribution in [-0.2, 0) is 0 Å². The maximum absolute atomic E-state index is 10.9. The summed E-state index contributed by atoms with van der Waals surface area (Å²) in [6.07, 6.45) is 4.89. The quantitative estimate of drug-likeness (QED) is 0.482. The number of nitrogens with zero attached hydrogens (tertiary/aromatic N) is 2. The first-order valence-corrected chi connectivity index (χ1v) is 7.46. The monoisotopic (exact) mass is 280 g/mol. The summed E-state index contributed by atoms with van der Waals surface area (Å²) in [4.78, 5) is 23.4. The summed E-state index contributed by atoms with van der Waals surface area (Å²) in [5.74, 6) is 0. The highest BCUT2D eigenvalue weighted by molar-refractivity contribution is 7.99. The minimum Gasteiger partial charge on any atom is -0.371 e. The molecule has 1 aromatic rings. The van der Waals surface area contributed by atoms with Gasteiger partial charge in [0, 0.05) is 30.1 Å². The van der Waals surface area contributed by atoms with Crippen LogP contribution in [0.3, 0.4) is 0 Å². The molecule has 1 aliphatic rings. The highest BCUT2D eigenvalue weighted by Crippen LogP contribution is 2.28. The molecule has 1 aromatic carbocycles. The van der Waals surface area contributed by atoms with Gasteiger partial charge in [0.15, 0.2) is 6.29 Å². The van der Waals surface area contributed by atoms with Crippen molar-refractivity contribution in [2.45, 2.75) is 18.1 Å². The highest BCUT2D eigenvalue weighted by Gasteiger charge is 2.21. The Balaban J connectivity index is 2.18. The summed E-state index contributed by atoms with van der Waals surface area (Å²) in [6.45, 7) is 1.86. The van der Waals surface area contributed by atoms with Crippen LogP contribution >= 0.6 is 11.8 Å². The zero-order valence-corrected chi connectivity index (χ0v) is 11.6. The van der Waals surface area contributed by atoms with E-state index in [1.165, 1.54) is 6.07 Å². The number of piperidine rings is 1. The number of anilines is 1. The van der Waals surface area contributed by atoms with Gasteiger partial charge in [0.1, 0.15) is 0 Å². The van der Waals surface area contributed by atoms with Gasteiger partial charge in [0.2, 0.25) is 0 Å². The van der Waals surface area contributed by atoms with Gasteiger partial charge in [0.25, 0.3) is 5.69 Å². The molecule has 0 N–H and O–H groups in total. The second-order valence-electron chi connectivity index (χ2n) is 4.54. The first-order valence-electron chi connectivity index (χ1n) is 6.17. The first kappa shape index (κ1) is 13.9. The van der Waals surface area contributed by atoms with Gasteiger partial charge in [-0.15, -0.1) is 0 Å². The molecule has 1 saturated heterocycles. The second-order valence-corrected chi connectivity index (χ2v) is 5.68. The summed E-state index contributed by atoms with van der Waals surface area (Å²) in [7, 11) is 0. The average molecular weight is 280 g/mol. The van der Waals surface area contributed by atoms with E-state index in [1.807, 2.05) is 11.8 Å². The molecule has 0 aliphatic carbocycles. The van der Waals surface area contributed by atoms with E-state index in [4.69, 9.17) is 0 Å². The molecule has 5 nitrogen and oxygen atoms in total. The van der Waals surface area contributed by atoms with Crippen molar-refractivity contribution >= 4 is 29.4 Å². The average Bonchev–Trinajstić information content (AvgIpc) is 2.46. The molecule has 1 aliphatic heterocycles. The van der Waals surface area contributed by atoms with Gasteiger partial charge in [-0.05, 0) is 31.2 Å². The third-order valence-corrected chi connectivity index (χ3v) is 4.61. The molecule has 0 atom stereocenters. The van der Waals surface area contributed by atoms with E-state index < -0.39 is 4.92 Å². The Morgan fingerprint density at radius 2 is 2.11 bits per heavy atom. The van der Waals surface area contributed by atoms with E-state index in [0.717, 1.165) is 31.6 Å². The number of benzene rings is 1. The number of carbonyl (C=O) groups is 1. The molecular weight excluding hydrogens is 264 g/mol. The van der Waals surface area contributed by atoms with Crippen molar-refractivity contribution in [3.8, 4) is 0 Å².